The molecule has 0 aromatic heterocycles. The minimum absolute atomic E-state index is 0.331. The van der Waals surface area contributed by atoms with Gasteiger partial charge in [-0.15, -0.1) is 0 Å². The summed E-state index contributed by atoms with van der Waals surface area (Å²) in [4.78, 5) is 10.7. The van der Waals surface area contributed by atoms with E-state index >= 15 is 0 Å². The minimum atomic E-state index is -0.657. The first-order chi connectivity index (χ1) is 6.66. The lowest BCUT2D eigenvalue weighted by molar-refractivity contribution is -0.139. The van der Waals surface area contributed by atoms with Crippen LogP contribution in [-0.4, -0.2) is 23.3 Å². The Morgan fingerprint density at radius 2 is 2.29 bits per heavy atom. The number of fused-ring (bicyclic) bond motifs is 1. The third-order valence-electron chi connectivity index (χ3n) is 3.59. The molecule has 1 saturated heterocycles. The van der Waals surface area contributed by atoms with Crippen LogP contribution >= 0.6 is 0 Å². The molecule has 1 heterocycles. The first kappa shape index (κ1) is 9.97. The molecule has 2 fully saturated rings. The van der Waals surface area contributed by atoms with E-state index in [2.05, 4.69) is 6.92 Å². The average Bonchev–Trinajstić information content (AvgIpc) is 2.45. The molecule has 80 valence electrons. The van der Waals surface area contributed by atoms with Gasteiger partial charge in [0.25, 0.3) is 0 Å². The Hall–Kier alpha value is -0.570. The highest BCUT2D eigenvalue weighted by Gasteiger charge is 2.40. The molecule has 0 radical (unpaired) electrons. The molecule has 14 heavy (non-hydrogen) atoms. The molecule has 2 aliphatic rings. The zero-order valence-electron chi connectivity index (χ0n) is 8.61. The van der Waals surface area contributed by atoms with E-state index in [0.29, 0.717) is 30.5 Å². The Kier molecular flexibility index (Phi) is 2.77. The van der Waals surface area contributed by atoms with E-state index in [1.165, 1.54) is 0 Å². The molecule has 1 N–H and O–H groups in total. The van der Waals surface area contributed by atoms with E-state index in [1.807, 2.05) is 0 Å². The Balaban J connectivity index is 2.00. The largest absolute Gasteiger partial charge is 0.481 e. The Bertz CT molecular complexity index is 227. The zero-order valence-corrected chi connectivity index (χ0v) is 8.61. The summed E-state index contributed by atoms with van der Waals surface area (Å²) in [5, 5.41) is 8.81. The summed E-state index contributed by atoms with van der Waals surface area (Å²) in [5.41, 5.74) is 0. The van der Waals surface area contributed by atoms with Crippen molar-refractivity contribution in [3.63, 3.8) is 0 Å². The molecule has 0 aromatic rings. The van der Waals surface area contributed by atoms with E-state index in [9.17, 15) is 4.79 Å². The maximum atomic E-state index is 10.7. The quantitative estimate of drug-likeness (QED) is 0.738. The molecule has 3 heteroatoms. The second-order valence-electron chi connectivity index (χ2n) is 4.67. The summed E-state index contributed by atoms with van der Waals surface area (Å²) < 4.78 is 5.78. The molecular weight excluding hydrogens is 180 g/mol. The molecule has 1 aliphatic heterocycles. The summed E-state index contributed by atoms with van der Waals surface area (Å²) in [7, 11) is 0. The Morgan fingerprint density at radius 3 is 3.00 bits per heavy atom. The smallest absolute Gasteiger partial charge is 0.303 e. The highest BCUT2D eigenvalue weighted by atomic mass is 16.5. The first-order valence-electron chi connectivity index (χ1n) is 5.54. The fourth-order valence-corrected chi connectivity index (χ4v) is 3.04. The van der Waals surface area contributed by atoms with Gasteiger partial charge in [0.15, 0.2) is 0 Å². The van der Waals surface area contributed by atoms with E-state index in [0.717, 1.165) is 25.7 Å². The van der Waals surface area contributed by atoms with Crippen LogP contribution in [0.15, 0.2) is 0 Å². The number of carbonyl (C=O) groups is 1. The van der Waals surface area contributed by atoms with Gasteiger partial charge in [0.1, 0.15) is 0 Å². The molecule has 4 unspecified atom stereocenters. The molecule has 1 aliphatic carbocycles. The monoisotopic (exact) mass is 198 g/mol. The highest BCUT2D eigenvalue weighted by molar-refractivity contribution is 5.67. The van der Waals surface area contributed by atoms with Crippen LogP contribution in [0.3, 0.4) is 0 Å². The number of carboxylic acid groups (broad SMARTS) is 1. The summed E-state index contributed by atoms with van der Waals surface area (Å²) in [6, 6.07) is 0. The molecule has 3 nitrogen and oxygen atoms in total. The number of aliphatic carboxylic acids is 1. The predicted octanol–water partition coefficient (Wildman–Crippen LogP) is 2.05. The van der Waals surface area contributed by atoms with Crippen LogP contribution in [0, 0.1) is 11.8 Å². The molecule has 0 aromatic carbocycles. The van der Waals surface area contributed by atoms with Crippen molar-refractivity contribution in [1.82, 2.24) is 0 Å². The second kappa shape index (κ2) is 3.89. The summed E-state index contributed by atoms with van der Waals surface area (Å²) in [5.74, 6) is 0.209. The van der Waals surface area contributed by atoms with Crippen molar-refractivity contribution in [3.8, 4) is 0 Å². The number of ether oxygens (including phenoxy) is 1. The topological polar surface area (TPSA) is 46.5 Å². The van der Waals surface area contributed by atoms with Gasteiger partial charge in [0.05, 0.1) is 12.2 Å². The van der Waals surface area contributed by atoms with Crippen molar-refractivity contribution in [3.05, 3.63) is 0 Å². The van der Waals surface area contributed by atoms with E-state index < -0.39 is 5.97 Å². The van der Waals surface area contributed by atoms with Crippen LogP contribution in [-0.2, 0) is 9.53 Å². The fraction of sp³-hybridized carbons (Fsp3) is 0.909. The fourth-order valence-electron chi connectivity index (χ4n) is 3.04. The van der Waals surface area contributed by atoms with Gasteiger partial charge < -0.3 is 9.84 Å². The molecule has 0 amide bonds. The maximum Gasteiger partial charge on any atom is 0.303 e. The second-order valence-corrected chi connectivity index (χ2v) is 4.67. The van der Waals surface area contributed by atoms with Crippen LogP contribution in [0.25, 0.3) is 0 Å². The lowest BCUT2D eigenvalue weighted by atomic mass is 9.75. The summed E-state index contributed by atoms with van der Waals surface area (Å²) in [6.45, 7) is 2.09. The first-order valence-corrected chi connectivity index (χ1v) is 5.54. The predicted molar refractivity (Wildman–Crippen MR) is 52.0 cm³/mol. The lowest BCUT2D eigenvalue weighted by Gasteiger charge is -2.31. The SMILES string of the molecule is CC1CC2C(CC(=O)O)CCCC2O1. The summed E-state index contributed by atoms with van der Waals surface area (Å²) >= 11 is 0. The average molecular weight is 198 g/mol. The van der Waals surface area contributed by atoms with Gasteiger partial charge in [-0.3, -0.25) is 4.79 Å². The van der Waals surface area contributed by atoms with Gasteiger partial charge in [-0.2, -0.15) is 0 Å². The van der Waals surface area contributed by atoms with Crippen molar-refractivity contribution in [2.45, 2.75) is 51.2 Å². The molecule has 1 saturated carbocycles. The standard InChI is InChI=1S/C11H18O3/c1-7-5-9-8(6-11(12)13)3-2-4-10(9)14-7/h7-10H,2-6H2,1H3,(H,12,13). The van der Waals surface area contributed by atoms with Crippen LogP contribution in [0.4, 0.5) is 0 Å². The normalized spacial score (nSPS) is 42.1. The zero-order chi connectivity index (χ0) is 10.1. The maximum absolute atomic E-state index is 10.7. The number of rotatable bonds is 2. The number of hydrogen-bond donors (Lipinski definition) is 1. The van der Waals surface area contributed by atoms with Crippen molar-refractivity contribution in [2.75, 3.05) is 0 Å². The van der Waals surface area contributed by atoms with Gasteiger partial charge in [0, 0.05) is 6.42 Å². The van der Waals surface area contributed by atoms with Crippen LogP contribution in [0.5, 0.6) is 0 Å². The van der Waals surface area contributed by atoms with Gasteiger partial charge in [0.2, 0.25) is 0 Å². The number of carboxylic acids is 1. The van der Waals surface area contributed by atoms with Crippen LogP contribution in [0.1, 0.15) is 39.0 Å². The minimum Gasteiger partial charge on any atom is -0.481 e. The number of hydrogen-bond acceptors (Lipinski definition) is 2. The van der Waals surface area contributed by atoms with Gasteiger partial charge >= 0.3 is 5.97 Å². The van der Waals surface area contributed by atoms with Crippen molar-refractivity contribution >= 4 is 5.97 Å². The van der Waals surface area contributed by atoms with Gasteiger partial charge in [-0.1, -0.05) is 6.42 Å². The van der Waals surface area contributed by atoms with E-state index in [-0.39, 0.29) is 0 Å². The molecule has 4 atom stereocenters. The lowest BCUT2D eigenvalue weighted by Crippen LogP contribution is -2.30. The van der Waals surface area contributed by atoms with Crippen LogP contribution < -0.4 is 0 Å². The van der Waals surface area contributed by atoms with Gasteiger partial charge in [-0.05, 0) is 38.0 Å². The molecule has 0 spiro atoms. The van der Waals surface area contributed by atoms with E-state index in [4.69, 9.17) is 9.84 Å². The van der Waals surface area contributed by atoms with Crippen LogP contribution in [0.2, 0.25) is 0 Å². The van der Waals surface area contributed by atoms with Gasteiger partial charge in [-0.25, -0.2) is 0 Å². The Labute approximate surface area is 84.4 Å². The summed E-state index contributed by atoms with van der Waals surface area (Å²) in [6.07, 6.45) is 5.41. The third kappa shape index (κ3) is 1.92. The molecule has 2 rings (SSSR count). The molecule has 0 bridgehead atoms. The highest BCUT2D eigenvalue weighted by Crippen LogP contribution is 2.42. The molecular formula is C11H18O3. The van der Waals surface area contributed by atoms with Crippen molar-refractivity contribution in [2.24, 2.45) is 11.8 Å². The van der Waals surface area contributed by atoms with E-state index in [1.54, 1.807) is 0 Å². The Morgan fingerprint density at radius 1 is 1.50 bits per heavy atom. The van der Waals surface area contributed by atoms with Crippen molar-refractivity contribution < 1.29 is 14.6 Å². The van der Waals surface area contributed by atoms with Crippen molar-refractivity contribution in [1.29, 1.82) is 0 Å². The third-order valence-corrected chi connectivity index (χ3v) is 3.59.